The summed E-state index contributed by atoms with van der Waals surface area (Å²) < 4.78 is 0. The fourth-order valence-corrected chi connectivity index (χ4v) is 9.13. The number of carbonyl (C=O) groups excluding carboxylic acids is 1. The van der Waals surface area contributed by atoms with Crippen molar-refractivity contribution < 1.29 is 19.8 Å². The van der Waals surface area contributed by atoms with E-state index in [1.165, 1.54) is 30.9 Å². The highest BCUT2D eigenvalue weighted by atomic mass is 16.4. The van der Waals surface area contributed by atoms with Crippen LogP contribution in [0, 0.1) is 46.3 Å². The molecule has 1 spiro atoms. The molecule has 0 heterocycles. The van der Waals surface area contributed by atoms with E-state index in [1.54, 1.807) is 6.08 Å². The lowest BCUT2D eigenvalue weighted by atomic mass is 9.46. The van der Waals surface area contributed by atoms with E-state index in [0.29, 0.717) is 41.8 Å². The molecular formula is C25H32O4. The number of rotatable bonds is 3. The number of aliphatic hydroxyl groups is 1. The van der Waals surface area contributed by atoms with Crippen molar-refractivity contribution in [1.29, 1.82) is 0 Å². The van der Waals surface area contributed by atoms with Crippen molar-refractivity contribution in [2.75, 3.05) is 0 Å². The molecular weight excluding hydrogens is 364 g/mol. The monoisotopic (exact) mass is 396 g/mol. The van der Waals surface area contributed by atoms with E-state index in [4.69, 9.17) is 0 Å². The summed E-state index contributed by atoms with van der Waals surface area (Å²) in [6.07, 6.45) is 14.3. The maximum atomic E-state index is 12.2. The molecule has 6 aliphatic carbocycles. The smallest absolute Gasteiger partial charge is 0.328 e. The van der Waals surface area contributed by atoms with E-state index < -0.39 is 11.6 Å². The predicted octanol–water partition coefficient (Wildman–Crippen LogP) is 4.14. The van der Waals surface area contributed by atoms with Crippen LogP contribution in [0.1, 0.15) is 64.7 Å². The Bertz CT molecular complexity index is 851. The van der Waals surface area contributed by atoms with Crippen molar-refractivity contribution in [1.82, 2.24) is 0 Å². The molecule has 0 bridgehead atoms. The highest BCUT2D eigenvalue weighted by Crippen LogP contribution is 2.79. The van der Waals surface area contributed by atoms with Crippen LogP contribution in [0.4, 0.5) is 0 Å². The van der Waals surface area contributed by atoms with Crippen molar-refractivity contribution in [3.8, 4) is 0 Å². The van der Waals surface area contributed by atoms with Crippen molar-refractivity contribution in [2.45, 2.75) is 70.3 Å². The normalized spacial score (nSPS) is 51.1. The highest BCUT2D eigenvalue weighted by molar-refractivity contribution is 5.91. The third-order valence-corrected chi connectivity index (χ3v) is 10.4. The molecule has 8 atom stereocenters. The number of hydrogen-bond acceptors (Lipinski definition) is 3. The lowest BCUT2D eigenvalue weighted by Crippen LogP contribution is -2.56. The van der Waals surface area contributed by atoms with Crippen LogP contribution in [0.15, 0.2) is 23.8 Å². The topological polar surface area (TPSA) is 74.6 Å². The Balaban J connectivity index is 1.41. The summed E-state index contributed by atoms with van der Waals surface area (Å²) in [4.78, 5) is 23.4. The Kier molecular flexibility index (Phi) is 3.56. The minimum atomic E-state index is -0.963. The average Bonchev–Trinajstić information content (AvgIpc) is 3.61. The van der Waals surface area contributed by atoms with Gasteiger partial charge in [0.2, 0.25) is 0 Å². The van der Waals surface area contributed by atoms with Gasteiger partial charge < -0.3 is 10.2 Å². The first-order valence-electron chi connectivity index (χ1n) is 11.7. The van der Waals surface area contributed by atoms with Crippen LogP contribution in [0.2, 0.25) is 0 Å². The second-order valence-corrected chi connectivity index (χ2v) is 11.1. The fraction of sp³-hybridized carbons (Fsp3) is 0.760. The van der Waals surface area contributed by atoms with Gasteiger partial charge in [-0.25, -0.2) is 4.79 Å². The maximum absolute atomic E-state index is 12.2. The predicted molar refractivity (Wildman–Crippen MR) is 108 cm³/mol. The Labute approximate surface area is 172 Å². The van der Waals surface area contributed by atoms with Crippen molar-refractivity contribution >= 4 is 11.8 Å². The second kappa shape index (κ2) is 5.63. The molecule has 4 heteroatoms. The number of ketones is 1. The van der Waals surface area contributed by atoms with E-state index in [-0.39, 0.29) is 16.7 Å². The zero-order valence-electron chi connectivity index (χ0n) is 17.3. The first kappa shape index (κ1) is 18.4. The quantitative estimate of drug-likeness (QED) is 0.703. The van der Waals surface area contributed by atoms with Gasteiger partial charge in [-0.1, -0.05) is 12.5 Å². The van der Waals surface area contributed by atoms with Gasteiger partial charge in [0.1, 0.15) is 0 Å². The zero-order valence-corrected chi connectivity index (χ0v) is 17.3. The molecule has 156 valence electrons. The third kappa shape index (κ3) is 2.19. The molecule has 5 fully saturated rings. The molecule has 0 aromatic carbocycles. The van der Waals surface area contributed by atoms with Gasteiger partial charge in [-0.15, -0.1) is 0 Å². The summed E-state index contributed by atoms with van der Waals surface area (Å²) in [7, 11) is 0. The van der Waals surface area contributed by atoms with Gasteiger partial charge in [0.05, 0.1) is 5.60 Å². The lowest BCUT2D eigenvalue weighted by molar-refractivity contribution is -0.135. The van der Waals surface area contributed by atoms with Gasteiger partial charge in [0.25, 0.3) is 0 Å². The van der Waals surface area contributed by atoms with Crippen molar-refractivity contribution in [2.24, 2.45) is 46.3 Å². The molecule has 0 aromatic rings. The summed E-state index contributed by atoms with van der Waals surface area (Å²) in [5.74, 6) is 2.52. The third-order valence-electron chi connectivity index (χ3n) is 10.4. The number of aliphatic carboxylic acids is 1. The van der Waals surface area contributed by atoms with Crippen LogP contribution in [-0.4, -0.2) is 27.6 Å². The largest absolute Gasteiger partial charge is 0.478 e. The molecule has 0 radical (unpaired) electrons. The molecule has 6 rings (SSSR count). The molecule has 4 nitrogen and oxygen atoms in total. The first-order chi connectivity index (χ1) is 13.9. The molecule has 0 saturated heterocycles. The van der Waals surface area contributed by atoms with Crippen molar-refractivity contribution in [3.63, 3.8) is 0 Å². The Morgan fingerprint density at radius 2 is 2.00 bits per heavy atom. The second-order valence-electron chi connectivity index (χ2n) is 11.1. The fourth-order valence-electron chi connectivity index (χ4n) is 9.13. The summed E-state index contributed by atoms with van der Waals surface area (Å²) in [5, 5.41) is 21.1. The van der Waals surface area contributed by atoms with E-state index in [9.17, 15) is 19.8 Å². The van der Waals surface area contributed by atoms with Crippen LogP contribution in [-0.2, 0) is 9.59 Å². The van der Waals surface area contributed by atoms with E-state index in [1.807, 2.05) is 6.08 Å². The number of hydrogen-bond donors (Lipinski definition) is 2. The summed E-state index contributed by atoms with van der Waals surface area (Å²) in [5.41, 5.74) is 0.636. The van der Waals surface area contributed by atoms with Gasteiger partial charge in [0, 0.05) is 17.9 Å². The number of carboxylic acids is 1. The van der Waals surface area contributed by atoms with Crippen LogP contribution in [0.25, 0.3) is 0 Å². The van der Waals surface area contributed by atoms with Gasteiger partial charge in [-0.3, -0.25) is 4.79 Å². The van der Waals surface area contributed by atoms with Gasteiger partial charge in [-0.2, -0.15) is 0 Å². The number of fused-ring (bicyclic) bond motifs is 8. The SMILES string of the molecule is CC[C@]12CC[C@H]3[C@@H](CC4(CC4)C4=CC(=O)CC[C@@H]43)[C@@H]1[C@@H]1C[C@@H]1[C@@]2(O)/C=C\C(=O)O. The van der Waals surface area contributed by atoms with Crippen LogP contribution >= 0.6 is 0 Å². The van der Waals surface area contributed by atoms with E-state index in [2.05, 4.69) is 6.92 Å². The number of allylic oxidation sites excluding steroid dienone is 1. The molecule has 6 aliphatic rings. The first-order valence-corrected chi connectivity index (χ1v) is 11.7. The summed E-state index contributed by atoms with van der Waals surface area (Å²) in [6.45, 7) is 2.21. The number of carboxylic acid groups (broad SMARTS) is 1. The summed E-state index contributed by atoms with van der Waals surface area (Å²) in [6, 6.07) is 0. The van der Waals surface area contributed by atoms with Gasteiger partial charge in [-0.05, 0) is 104 Å². The van der Waals surface area contributed by atoms with Gasteiger partial charge in [0.15, 0.2) is 5.78 Å². The van der Waals surface area contributed by atoms with Gasteiger partial charge >= 0.3 is 5.97 Å². The molecule has 2 N–H and O–H groups in total. The van der Waals surface area contributed by atoms with Crippen LogP contribution in [0.5, 0.6) is 0 Å². The zero-order chi connectivity index (χ0) is 20.2. The lowest BCUT2D eigenvalue weighted by Gasteiger charge is -2.59. The van der Waals surface area contributed by atoms with Crippen LogP contribution < -0.4 is 0 Å². The minimum absolute atomic E-state index is 0.171. The summed E-state index contributed by atoms with van der Waals surface area (Å²) >= 11 is 0. The van der Waals surface area contributed by atoms with E-state index in [0.717, 1.165) is 32.1 Å². The van der Waals surface area contributed by atoms with E-state index >= 15 is 0 Å². The molecule has 29 heavy (non-hydrogen) atoms. The molecule has 0 aromatic heterocycles. The van der Waals surface area contributed by atoms with Crippen molar-refractivity contribution in [3.05, 3.63) is 23.8 Å². The average molecular weight is 397 g/mol. The Morgan fingerprint density at radius 3 is 2.69 bits per heavy atom. The maximum Gasteiger partial charge on any atom is 0.328 e. The Hall–Kier alpha value is -1.42. The Morgan fingerprint density at radius 1 is 1.21 bits per heavy atom. The standard InChI is InChI=1S/C25H32O4/c1-2-24-7-5-15-16-4-3-14(26)11-19(16)23(9-10-23)13-18(15)22(24)17-12-20(17)25(24,29)8-6-21(27)28/h6,8,11,15-18,20,22,29H,2-5,7,9-10,12-13H2,1H3,(H,27,28)/b8-6-/t15-,16-,17-,18-,20+,22+,24+,25+/m1/s1. The molecule has 5 saturated carbocycles. The molecule has 0 aliphatic heterocycles. The van der Waals surface area contributed by atoms with Crippen LogP contribution in [0.3, 0.4) is 0 Å². The molecule has 0 amide bonds. The minimum Gasteiger partial charge on any atom is -0.478 e. The highest BCUT2D eigenvalue weighted by Gasteiger charge is 2.77. The number of carbonyl (C=O) groups is 2. The molecule has 0 unspecified atom stereocenters.